The summed E-state index contributed by atoms with van der Waals surface area (Å²) >= 11 is 0. The molecule has 4 atom stereocenters. The third kappa shape index (κ3) is 8.36. The van der Waals surface area contributed by atoms with Crippen LogP contribution < -0.4 is 5.32 Å². The van der Waals surface area contributed by atoms with Gasteiger partial charge in [0.25, 0.3) is 0 Å². The second kappa shape index (κ2) is 17.1. The Bertz CT molecular complexity index is 2050. The van der Waals surface area contributed by atoms with E-state index in [0.717, 1.165) is 83.1 Å². The van der Waals surface area contributed by atoms with Crippen LogP contribution in [0.1, 0.15) is 95.3 Å². The minimum absolute atomic E-state index is 0.0188. The molecule has 13 heteroatoms. The summed E-state index contributed by atoms with van der Waals surface area (Å²) in [6, 6.07) is 13.7. The van der Waals surface area contributed by atoms with E-state index in [2.05, 4.69) is 57.7 Å². The van der Waals surface area contributed by atoms with Crippen molar-refractivity contribution in [3.05, 3.63) is 71.6 Å². The molecule has 6 rings (SSSR count). The van der Waals surface area contributed by atoms with Gasteiger partial charge >= 0.3 is 12.1 Å². The highest BCUT2D eigenvalue weighted by molar-refractivity contribution is 5.86. The molecule has 13 nitrogen and oxygen atoms in total. The topological polar surface area (TPSA) is 163 Å². The Morgan fingerprint density at radius 2 is 1.62 bits per heavy atom. The fourth-order valence-corrected chi connectivity index (χ4v) is 7.89. The average molecular weight is 766 g/mol. The molecule has 0 unspecified atom stereocenters. The Kier molecular flexibility index (Phi) is 12.3. The molecule has 1 fully saturated rings. The number of benzene rings is 2. The van der Waals surface area contributed by atoms with Crippen LogP contribution in [-0.4, -0.2) is 87.5 Å². The molecule has 1 aliphatic heterocycles. The maximum atomic E-state index is 13.6. The summed E-state index contributed by atoms with van der Waals surface area (Å²) in [6.45, 7) is 10.3. The van der Waals surface area contributed by atoms with Crippen molar-refractivity contribution in [2.75, 3.05) is 27.8 Å². The van der Waals surface area contributed by atoms with Crippen molar-refractivity contribution < 1.29 is 28.7 Å². The monoisotopic (exact) mass is 765 g/mol. The number of methoxy groups -OCH3 is 2. The van der Waals surface area contributed by atoms with Crippen LogP contribution >= 0.6 is 0 Å². The number of aromatic nitrogens is 4. The fourth-order valence-electron chi connectivity index (χ4n) is 7.89. The lowest BCUT2D eigenvalue weighted by Gasteiger charge is -2.30. The summed E-state index contributed by atoms with van der Waals surface area (Å²) in [6.07, 6.45) is 5.61. The Balaban J connectivity index is 1.16. The zero-order valence-corrected chi connectivity index (χ0v) is 33.8. The number of esters is 1. The number of ether oxygens (including phenoxy) is 2. The number of hydrogen-bond acceptors (Lipinski definition) is 8. The van der Waals surface area contributed by atoms with Gasteiger partial charge < -0.3 is 34.6 Å². The number of aromatic amines is 2. The van der Waals surface area contributed by atoms with Crippen LogP contribution in [-0.2, 0) is 36.7 Å². The van der Waals surface area contributed by atoms with Crippen molar-refractivity contribution in [3.8, 4) is 33.6 Å². The number of hydrogen-bond donors (Lipinski definition) is 3. The first kappa shape index (κ1) is 40.2. The zero-order chi connectivity index (χ0) is 40.3. The number of amides is 3. The zero-order valence-electron chi connectivity index (χ0n) is 33.8. The number of carbonyl (C=O) groups excluding carboxylic acids is 4. The van der Waals surface area contributed by atoms with Gasteiger partial charge in [-0.05, 0) is 73.1 Å². The Morgan fingerprint density at radius 1 is 0.911 bits per heavy atom. The van der Waals surface area contributed by atoms with E-state index in [0.29, 0.717) is 6.54 Å². The van der Waals surface area contributed by atoms with Crippen molar-refractivity contribution in [1.82, 2.24) is 35.1 Å². The number of aryl methyl sites for hydroxylation is 2. The molecule has 3 heterocycles. The summed E-state index contributed by atoms with van der Waals surface area (Å²) < 4.78 is 9.62. The molecule has 2 aromatic heterocycles. The molecule has 0 spiro atoms. The summed E-state index contributed by atoms with van der Waals surface area (Å²) in [5.41, 5.74) is 8.38. The highest BCUT2D eigenvalue weighted by Crippen LogP contribution is 2.37. The van der Waals surface area contributed by atoms with E-state index in [9.17, 15) is 19.2 Å². The van der Waals surface area contributed by atoms with E-state index in [-0.39, 0.29) is 42.2 Å². The number of nitrogens with one attached hydrogen (secondary N) is 3. The summed E-state index contributed by atoms with van der Waals surface area (Å²) in [5.74, 6) is 0.223. The summed E-state index contributed by atoms with van der Waals surface area (Å²) in [4.78, 5) is 71.4. The smallest absolute Gasteiger partial charge is 0.407 e. The maximum Gasteiger partial charge on any atom is 0.407 e. The summed E-state index contributed by atoms with van der Waals surface area (Å²) in [5, 5.41) is 2.70. The van der Waals surface area contributed by atoms with Gasteiger partial charge in [0.2, 0.25) is 11.8 Å². The van der Waals surface area contributed by atoms with E-state index in [1.54, 1.807) is 11.9 Å². The van der Waals surface area contributed by atoms with Gasteiger partial charge in [-0.1, -0.05) is 70.2 Å². The van der Waals surface area contributed by atoms with Crippen LogP contribution in [0.2, 0.25) is 0 Å². The van der Waals surface area contributed by atoms with Gasteiger partial charge in [-0.2, -0.15) is 0 Å². The van der Waals surface area contributed by atoms with Crippen molar-refractivity contribution in [2.24, 2.45) is 17.8 Å². The van der Waals surface area contributed by atoms with Crippen molar-refractivity contribution in [3.63, 3.8) is 0 Å². The van der Waals surface area contributed by atoms with Crippen molar-refractivity contribution in [1.29, 1.82) is 0 Å². The van der Waals surface area contributed by atoms with Gasteiger partial charge in [0.1, 0.15) is 17.7 Å². The lowest BCUT2D eigenvalue weighted by Crippen LogP contribution is -2.51. The first-order chi connectivity index (χ1) is 26.8. The molecule has 0 bridgehead atoms. The number of H-pyrrole nitrogens is 2. The highest BCUT2D eigenvalue weighted by Gasteiger charge is 2.38. The summed E-state index contributed by atoms with van der Waals surface area (Å²) in [7, 11) is 4.41. The molecule has 56 heavy (non-hydrogen) atoms. The van der Waals surface area contributed by atoms with E-state index in [4.69, 9.17) is 19.4 Å². The van der Waals surface area contributed by atoms with E-state index < -0.39 is 24.0 Å². The van der Waals surface area contributed by atoms with E-state index in [1.165, 1.54) is 19.8 Å². The van der Waals surface area contributed by atoms with Crippen LogP contribution in [0, 0.1) is 17.8 Å². The third-order valence-corrected chi connectivity index (χ3v) is 11.5. The molecule has 2 aliphatic rings. The SMILES string of the molecule is COC(=O)C[C@H](C(=O)N(C)[C@@H](C)c1nc2c([nH]1)CCCc1cc(-c3ccc(-c4cnc([C@@H]5CCCN5C(=O)[C@@H](NC(=O)OC)C(C)C)[nH]4)cc3)ccc1-2)C(C)C. The molecule has 3 amide bonds. The second-order valence-electron chi connectivity index (χ2n) is 15.7. The molecule has 0 radical (unpaired) electrons. The van der Waals surface area contributed by atoms with Crippen LogP contribution in [0.4, 0.5) is 4.79 Å². The van der Waals surface area contributed by atoms with Crippen LogP contribution in [0.5, 0.6) is 0 Å². The number of nitrogens with zero attached hydrogens (tertiary/aromatic N) is 4. The van der Waals surface area contributed by atoms with Gasteiger partial charge in [0.15, 0.2) is 0 Å². The maximum absolute atomic E-state index is 13.6. The molecule has 1 aliphatic carbocycles. The predicted octanol–water partition coefficient (Wildman–Crippen LogP) is 7.02. The number of imidazole rings is 2. The van der Waals surface area contributed by atoms with Crippen molar-refractivity contribution in [2.45, 2.75) is 91.3 Å². The number of fused-ring (bicyclic) bond motifs is 3. The van der Waals surface area contributed by atoms with Crippen LogP contribution in [0.15, 0.2) is 48.7 Å². The largest absolute Gasteiger partial charge is 0.469 e. The van der Waals surface area contributed by atoms with Gasteiger partial charge in [-0.25, -0.2) is 14.8 Å². The third-order valence-electron chi connectivity index (χ3n) is 11.5. The van der Waals surface area contributed by atoms with Crippen LogP contribution in [0.3, 0.4) is 0 Å². The van der Waals surface area contributed by atoms with E-state index >= 15 is 0 Å². The van der Waals surface area contributed by atoms with E-state index in [1.807, 2.05) is 45.7 Å². The molecule has 1 saturated heterocycles. The second-order valence-corrected chi connectivity index (χ2v) is 15.7. The van der Waals surface area contributed by atoms with Crippen molar-refractivity contribution >= 4 is 23.9 Å². The van der Waals surface area contributed by atoms with Crippen LogP contribution in [0.25, 0.3) is 33.6 Å². The molecule has 0 saturated carbocycles. The number of alkyl carbamates (subject to hydrolysis) is 1. The van der Waals surface area contributed by atoms with Gasteiger partial charge in [0, 0.05) is 24.8 Å². The lowest BCUT2D eigenvalue weighted by atomic mass is 9.90. The molecular formula is C43H55N7O6. The highest BCUT2D eigenvalue weighted by atomic mass is 16.5. The first-order valence-corrected chi connectivity index (χ1v) is 19.7. The minimum Gasteiger partial charge on any atom is -0.469 e. The Labute approximate surface area is 329 Å². The Hall–Kier alpha value is -5.46. The average Bonchev–Trinajstić information content (AvgIpc) is 3.96. The lowest BCUT2D eigenvalue weighted by molar-refractivity contribution is -0.148. The normalized spacial score (nSPS) is 16.8. The first-order valence-electron chi connectivity index (χ1n) is 19.7. The molecule has 4 aromatic rings. The predicted molar refractivity (Wildman–Crippen MR) is 213 cm³/mol. The standard InChI is InChI=1S/C43H55N7O6/c1-24(2)32(22-36(51)55-7)41(52)49(6)26(5)39-45-33-12-9-11-30-21-29(18-19-31(30)38(33)47-39)27-14-16-28(17-15-27)34-23-44-40(46-34)35-13-10-20-50(35)42(53)37(25(3)4)48-43(54)56-8/h14-19,21,23-26,32,35,37H,9-13,20,22H2,1-8H3,(H,44,46)(H,45,47)(H,48,54)/t26-,32-,35-,37-/m0/s1. The quantitative estimate of drug-likeness (QED) is 0.130. The van der Waals surface area contributed by atoms with Gasteiger partial charge in [0.05, 0.1) is 56.2 Å². The Morgan fingerprint density at radius 3 is 2.30 bits per heavy atom. The molecule has 3 N–H and O–H groups in total. The minimum atomic E-state index is -0.686. The molecule has 298 valence electrons. The fraction of sp³-hybridized carbons (Fsp3) is 0.488. The van der Waals surface area contributed by atoms with Gasteiger partial charge in [-0.15, -0.1) is 0 Å². The molecular weight excluding hydrogens is 711 g/mol. The molecule has 2 aromatic carbocycles. The number of likely N-dealkylation sites (tertiary alicyclic amines) is 1. The number of rotatable bonds is 12. The number of carbonyl (C=O) groups is 4. The van der Waals surface area contributed by atoms with Gasteiger partial charge in [-0.3, -0.25) is 14.4 Å².